The predicted molar refractivity (Wildman–Crippen MR) is 72.9 cm³/mol. The quantitative estimate of drug-likeness (QED) is 0.447. The van der Waals surface area contributed by atoms with E-state index in [-0.39, 0.29) is 0 Å². The zero-order valence-electron chi connectivity index (χ0n) is 12.6. The molecule has 0 spiro atoms. The third kappa shape index (κ3) is 22.1. The van der Waals surface area contributed by atoms with Crippen LogP contribution in [0.15, 0.2) is 36.9 Å². The van der Waals surface area contributed by atoms with Crippen LogP contribution in [-0.4, -0.2) is 18.3 Å². The van der Waals surface area contributed by atoms with E-state index in [1.54, 1.807) is 13.2 Å². The van der Waals surface area contributed by atoms with Crippen molar-refractivity contribution in [3.05, 3.63) is 75.7 Å². The van der Waals surface area contributed by atoms with Gasteiger partial charge in [0.15, 0.2) is 0 Å². The first-order valence-corrected chi connectivity index (χ1v) is 5.86. The number of hydrogen-bond acceptors (Lipinski definition) is 2. The van der Waals surface area contributed by atoms with Gasteiger partial charge in [-0.2, -0.15) is 0 Å². The van der Waals surface area contributed by atoms with Gasteiger partial charge in [-0.3, -0.25) is 0 Å². The minimum absolute atomic E-state index is 0.508. The summed E-state index contributed by atoms with van der Waals surface area (Å²) in [5, 5.41) is 0. The standard InChI is InChI=1S/C11H12O2.5CO.Cr/c1-3-8-13-9-10-4-6-11(12-2)7-5-10;5*1-2;/h3-7H,1,8H2,2H3;;;;;;. The molecule has 1 aromatic rings. The van der Waals surface area contributed by atoms with Crippen molar-refractivity contribution < 1.29 is 48.6 Å². The van der Waals surface area contributed by atoms with Crippen molar-refractivity contribution in [3.63, 3.8) is 0 Å². The molecule has 0 atom stereocenters. The Bertz CT molecular complexity index is 475. The van der Waals surface area contributed by atoms with Gasteiger partial charge >= 0.3 is 148 Å². The molecule has 1 aromatic carbocycles. The summed E-state index contributed by atoms with van der Waals surface area (Å²) < 4.78 is 48.7. The van der Waals surface area contributed by atoms with E-state index in [2.05, 4.69) is 55.7 Å². The molecular weight excluding hydrogens is 356 g/mol. The van der Waals surface area contributed by atoms with Gasteiger partial charge in [0.05, 0.1) is 0 Å². The Kier molecular flexibility index (Phi) is 51.9. The number of hydrogen-bond donors (Lipinski definition) is 0. The summed E-state index contributed by atoms with van der Waals surface area (Å²) >= 11 is 2.87. The van der Waals surface area contributed by atoms with Crippen LogP contribution in [0.1, 0.15) is 5.56 Å². The Morgan fingerprint density at radius 1 is 0.958 bits per heavy atom. The summed E-state index contributed by atoms with van der Waals surface area (Å²) in [6.45, 7) is 26.6. The molecule has 0 aromatic heterocycles. The third-order valence-corrected chi connectivity index (χ3v) is 2.21. The van der Waals surface area contributed by atoms with Crippen molar-refractivity contribution >= 4 is 4.57 Å². The van der Waals surface area contributed by atoms with Crippen molar-refractivity contribution in [3.8, 4) is 5.75 Å². The van der Waals surface area contributed by atoms with Gasteiger partial charge in [-0.25, -0.2) is 0 Å². The van der Waals surface area contributed by atoms with Crippen LogP contribution >= 0.6 is 0 Å². The summed E-state index contributed by atoms with van der Waals surface area (Å²) in [7, 11) is 1.64. The van der Waals surface area contributed by atoms with E-state index in [0.29, 0.717) is 6.61 Å². The fraction of sp³-hybridized carbons (Fsp3) is 0.125. The van der Waals surface area contributed by atoms with Crippen LogP contribution in [-0.2, 0) is 43.8 Å². The molecule has 0 saturated heterocycles. The van der Waals surface area contributed by atoms with Crippen molar-refractivity contribution in [2.24, 2.45) is 0 Å². The van der Waals surface area contributed by atoms with E-state index in [1.165, 1.54) is 0 Å². The Morgan fingerprint density at radius 2 is 1.33 bits per heavy atom. The normalized spacial score (nSPS) is 5.96. The van der Waals surface area contributed by atoms with Crippen LogP contribution < -0.4 is 4.74 Å². The second-order valence-corrected chi connectivity index (χ2v) is 3.19. The summed E-state index contributed by atoms with van der Waals surface area (Å²) in [4.78, 5) is 0. The Labute approximate surface area is 148 Å². The molecule has 0 heterocycles. The van der Waals surface area contributed by atoms with E-state index >= 15 is 0 Å². The molecule has 0 radical (unpaired) electrons. The van der Waals surface area contributed by atoms with Crippen LogP contribution in [0.3, 0.4) is 0 Å². The van der Waals surface area contributed by atoms with Gasteiger partial charge in [0, 0.05) is 0 Å². The summed E-state index contributed by atoms with van der Waals surface area (Å²) in [6.07, 6.45) is 1.71. The van der Waals surface area contributed by atoms with Gasteiger partial charge in [-0.05, 0) is 0 Å². The van der Waals surface area contributed by atoms with Gasteiger partial charge < -0.3 is 0 Å². The first-order chi connectivity index (χ1) is 11.8. The molecule has 0 aliphatic carbocycles. The molecule has 0 bridgehead atoms. The third-order valence-electron chi connectivity index (χ3n) is 1.66. The second kappa shape index (κ2) is 37.2. The van der Waals surface area contributed by atoms with Crippen LogP contribution in [0.4, 0.5) is 0 Å². The fourth-order valence-electron chi connectivity index (χ4n) is 0.945. The van der Waals surface area contributed by atoms with Gasteiger partial charge in [-0.15, -0.1) is 0 Å². The molecule has 0 N–H and O–H groups in total. The number of ether oxygens (including phenoxy) is 2. The zero-order chi connectivity index (χ0) is 20.4. The van der Waals surface area contributed by atoms with E-state index in [0.717, 1.165) is 15.9 Å². The van der Waals surface area contributed by atoms with Crippen molar-refractivity contribution in [1.29, 1.82) is 0 Å². The topological polar surface area (TPSA) is 118 Å². The molecule has 0 aliphatic heterocycles. The zero-order valence-corrected chi connectivity index (χ0v) is 13.8. The molecule has 1 rings (SSSR count). The van der Waals surface area contributed by atoms with Crippen molar-refractivity contribution in [2.75, 3.05) is 13.7 Å². The molecule has 0 amide bonds. The molecule has 124 valence electrons. The average molecular weight is 368 g/mol. The SMILES string of the molecule is C=CCO[C](=[Cr])c1ccc(OC)cc1.[C-]#[O+].[C-]#[O+].[C-]#[O+].[C-]#[O+].[C-]#[O+]. The maximum absolute atomic E-state index is 7.50. The Morgan fingerprint density at radius 3 is 1.62 bits per heavy atom. The number of rotatable bonds is 5. The summed E-state index contributed by atoms with van der Waals surface area (Å²) in [5.74, 6) is 0.838. The van der Waals surface area contributed by atoms with Crippen molar-refractivity contribution in [2.45, 2.75) is 0 Å². The van der Waals surface area contributed by atoms with Crippen LogP contribution in [0.25, 0.3) is 0 Å². The second-order valence-electron chi connectivity index (χ2n) is 2.62. The molecule has 0 fully saturated rings. The van der Waals surface area contributed by atoms with Gasteiger partial charge in [-0.1, -0.05) is 0 Å². The van der Waals surface area contributed by atoms with E-state index in [1.807, 2.05) is 24.3 Å². The first kappa shape index (κ1) is 33.4. The average Bonchev–Trinajstić information content (AvgIpc) is 2.73. The molecule has 0 saturated carbocycles. The van der Waals surface area contributed by atoms with Gasteiger partial charge in [0.25, 0.3) is 0 Å². The minimum atomic E-state index is 0.508. The van der Waals surface area contributed by atoms with Crippen LogP contribution in [0.2, 0.25) is 0 Å². The van der Waals surface area contributed by atoms with E-state index in [4.69, 9.17) is 32.7 Å². The first-order valence-electron chi connectivity index (χ1n) is 5.22. The summed E-state index contributed by atoms with van der Waals surface area (Å²) in [5.41, 5.74) is 1.01. The molecule has 24 heavy (non-hydrogen) atoms. The van der Waals surface area contributed by atoms with Crippen LogP contribution in [0, 0.1) is 33.3 Å². The Balaban J connectivity index is -0.000000103. The van der Waals surface area contributed by atoms with E-state index < -0.39 is 0 Å². The van der Waals surface area contributed by atoms with Gasteiger partial charge in [0.1, 0.15) is 0 Å². The molecule has 7 nitrogen and oxygen atoms in total. The monoisotopic (exact) mass is 368 g/mol. The van der Waals surface area contributed by atoms with Gasteiger partial charge in [0.2, 0.25) is 0 Å². The molecular formula is C16H12CrO7. The Hall–Kier alpha value is -2.18. The maximum atomic E-state index is 7.50. The summed E-state index contributed by atoms with van der Waals surface area (Å²) in [6, 6.07) is 7.66. The van der Waals surface area contributed by atoms with Crippen molar-refractivity contribution in [1.82, 2.24) is 0 Å². The predicted octanol–water partition coefficient (Wildman–Crippen LogP) is 1.74. The molecule has 0 aliphatic rings. The van der Waals surface area contributed by atoms with Crippen LogP contribution in [0.5, 0.6) is 5.75 Å². The fourth-order valence-corrected chi connectivity index (χ4v) is 1.26. The number of methoxy groups -OCH3 is 1. The van der Waals surface area contributed by atoms with E-state index in [9.17, 15) is 0 Å². The molecule has 8 heteroatoms. The molecule has 0 unspecified atom stereocenters. The number of benzene rings is 1.